The first kappa shape index (κ1) is 35.3. The first-order valence-electron chi connectivity index (χ1n) is 14.7. The smallest absolute Gasteiger partial charge is 0.407 e. The molecule has 1 aromatic rings. The molecule has 1 aromatic carbocycles. The number of ether oxygens (including phenoxy) is 9. The van der Waals surface area contributed by atoms with E-state index >= 15 is 0 Å². The minimum Gasteiger partial charge on any atom is -0.445 e. The molecule has 1 aliphatic heterocycles. The van der Waals surface area contributed by atoms with Gasteiger partial charge in [-0.2, -0.15) is 0 Å². The van der Waals surface area contributed by atoms with Crippen LogP contribution < -0.4 is 10.6 Å². The summed E-state index contributed by atoms with van der Waals surface area (Å²) >= 11 is 0. The first-order chi connectivity index (χ1) is 20.3. The second kappa shape index (κ2) is 27.0. The van der Waals surface area contributed by atoms with Crippen molar-refractivity contribution in [1.82, 2.24) is 10.6 Å². The number of alkyl carbamates (subject to hydrolysis) is 1. The van der Waals surface area contributed by atoms with Crippen LogP contribution in [0.2, 0.25) is 0 Å². The molecule has 2 rings (SSSR count). The fourth-order valence-corrected chi connectivity index (χ4v) is 3.66. The average Bonchev–Trinajstić information content (AvgIpc) is 3.01. The maximum atomic E-state index is 11.6. The Kier molecular flexibility index (Phi) is 23.3. The second-order valence-electron chi connectivity index (χ2n) is 9.10. The fourth-order valence-electron chi connectivity index (χ4n) is 3.66. The highest BCUT2D eigenvalue weighted by Crippen LogP contribution is 2.06. The van der Waals surface area contributed by atoms with E-state index in [0.717, 1.165) is 31.5 Å². The molecule has 0 spiro atoms. The topological polar surface area (TPSA) is 124 Å². The second-order valence-corrected chi connectivity index (χ2v) is 9.10. The molecule has 1 saturated heterocycles. The van der Waals surface area contributed by atoms with E-state index in [1.54, 1.807) is 0 Å². The van der Waals surface area contributed by atoms with Crippen LogP contribution in [0.4, 0.5) is 4.79 Å². The molecule has 2 N–H and O–H groups in total. The fraction of sp³-hybridized carbons (Fsp3) is 0.759. The number of carbonyl (C=O) groups is 1. The third-order valence-electron chi connectivity index (χ3n) is 5.83. The molecule has 236 valence electrons. The van der Waals surface area contributed by atoms with Gasteiger partial charge < -0.3 is 53.3 Å². The number of carbonyl (C=O) groups excluding carboxylic acids is 1. The Morgan fingerprint density at radius 1 is 0.634 bits per heavy atom. The lowest BCUT2D eigenvalue weighted by Crippen LogP contribution is -2.33. The van der Waals surface area contributed by atoms with Crippen molar-refractivity contribution in [2.75, 3.05) is 119 Å². The monoisotopic (exact) mass is 586 g/mol. The lowest BCUT2D eigenvalue weighted by Gasteiger charge is -2.22. The molecule has 0 aromatic heterocycles. The highest BCUT2D eigenvalue weighted by Gasteiger charge is 2.12. The third-order valence-corrected chi connectivity index (χ3v) is 5.83. The summed E-state index contributed by atoms with van der Waals surface area (Å²) in [6.45, 7) is 10.4. The van der Waals surface area contributed by atoms with Crippen molar-refractivity contribution in [2.45, 2.75) is 25.6 Å². The van der Waals surface area contributed by atoms with Crippen molar-refractivity contribution in [2.24, 2.45) is 0 Å². The summed E-state index contributed by atoms with van der Waals surface area (Å²) in [7, 11) is 0. The predicted molar refractivity (Wildman–Crippen MR) is 152 cm³/mol. The highest BCUT2D eigenvalue weighted by atomic mass is 16.6. The largest absolute Gasteiger partial charge is 0.445 e. The molecule has 41 heavy (non-hydrogen) atoms. The SMILES string of the molecule is O=C(NCCOCCOCCOCCOCCOCCOCCOCCOC1CCNCC1)OCc1ccccc1. The molecule has 0 bridgehead atoms. The van der Waals surface area contributed by atoms with Crippen LogP contribution in [0.3, 0.4) is 0 Å². The highest BCUT2D eigenvalue weighted by molar-refractivity contribution is 5.67. The van der Waals surface area contributed by atoms with E-state index in [1.807, 2.05) is 30.3 Å². The molecule has 1 fully saturated rings. The number of benzene rings is 1. The number of piperidine rings is 1. The molecule has 0 radical (unpaired) electrons. The average molecular weight is 587 g/mol. The van der Waals surface area contributed by atoms with Crippen LogP contribution in [0.15, 0.2) is 30.3 Å². The van der Waals surface area contributed by atoms with Crippen molar-refractivity contribution in [3.8, 4) is 0 Å². The van der Waals surface area contributed by atoms with Gasteiger partial charge in [0.2, 0.25) is 0 Å². The van der Waals surface area contributed by atoms with Crippen LogP contribution in [0.25, 0.3) is 0 Å². The zero-order valence-corrected chi connectivity index (χ0v) is 24.4. The molecule has 1 aliphatic rings. The Bertz CT molecular complexity index is 710. The van der Waals surface area contributed by atoms with Crippen LogP contribution in [0, 0.1) is 0 Å². The van der Waals surface area contributed by atoms with Gasteiger partial charge in [-0.05, 0) is 31.5 Å². The summed E-state index contributed by atoms with van der Waals surface area (Å²) in [6, 6.07) is 9.52. The van der Waals surface area contributed by atoms with E-state index in [2.05, 4.69) is 10.6 Å². The van der Waals surface area contributed by atoms with Gasteiger partial charge in [0.25, 0.3) is 0 Å². The molecular weight excluding hydrogens is 536 g/mol. The summed E-state index contributed by atoms with van der Waals surface area (Å²) in [6.07, 6.45) is 2.06. The van der Waals surface area contributed by atoms with Crippen LogP contribution in [0.1, 0.15) is 18.4 Å². The van der Waals surface area contributed by atoms with Crippen LogP contribution in [-0.4, -0.2) is 131 Å². The summed E-state index contributed by atoms with van der Waals surface area (Å²) in [5.74, 6) is 0. The Morgan fingerprint density at radius 2 is 1.07 bits per heavy atom. The first-order valence-corrected chi connectivity index (χ1v) is 14.7. The van der Waals surface area contributed by atoms with Gasteiger partial charge in [0, 0.05) is 6.54 Å². The number of nitrogens with one attached hydrogen (secondary N) is 2. The molecule has 12 heteroatoms. The minimum atomic E-state index is -0.464. The van der Waals surface area contributed by atoms with Gasteiger partial charge in [0.1, 0.15) is 6.61 Å². The molecule has 0 unspecified atom stereocenters. The van der Waals surface area contributed by atoms with E-state index in [1.165, 1.54) is 0 Å². The van der Waals surface area contributed by atoms with Crippen LogP contribution in [0.5, 0.6) is 0 Å². The maximum Gasteiger partial charge on any atom is 0.407 e. The molecule has 1 heterocycles. The number of hydrogen-bond donors (Lipinski definition) is 2. The Balaban J connectivity index is 1.17. The van der Waals surface area contributed by atoms with E-state index in [4.69, 9.17) is 42.6 Å². The number of rotatable bonds is 27. The van der Waals surface area contributed by atoms with Gasteiger partial charge in [0.05, 0.1) is 105 Å². The van der Waals surface area contributed by atoms with E-state index in [9.17, 15) is 4.79 Å². The lowest BCUT2D eigenvalue weighted by molar-refractivity contribution is -0.0313. The maximum absolute atomic E-state index is 11.6. The standard InChI is InChI=1S/C29H50N2O10/c32-29(41-26-27-4-2-1-3-5-27)31-10-11-33-12-13-34-14-15-35-16-17-36-18-19-37-20-21-38-22-23-39-24-25-40-28-6-8-30-9-7-28/h1-5,28,30H,6-26H2,(H,31,32). The van der Waals surface area contributed by atoms with Crippen molar-refractivity contribution in [3.63, 3.8) is 0 Å². The van der Waals surface area contributed by atoms with E-state index in [0.29, 0.717) is 112 Å². The lowest BCUT2D eigenvalue weighted by atomic mass is 10.1. The third kappa shape index (κ3) is 22.4. The summed E-state index contributed by atoms with van der Waals surface area (Å²) in [5, 5.41) is 5.97. The van der Waals surface area contributed by atoms with Gasteiger partial charge in [-0.1, -0.05) is 30.3 Å². The van der Waals surface area contributed by atoms with Gasteiger partial charge in [-0.15, -0.1) is 0 Å². The van der Waals surface area contributed by atoms with Gasteiger partial charge >= 0.3 is 6.09 Å². The van der Waals surface area contributed by atoms with Crippen LogP contribution >= 0.6 is 0 Å². The van der Waals surface area contributed by atoms with Crippen molar-refractivity contribution >= 4 is 6.09 Å². The molecular formula is C29H50N2O10. The van der Waals surface area contributed by atoms with E-state index < -0.39 is 6.09 Å². The summed E-state index contributed by atoms with van der Waals surface area (Å²) < 4.78 is 49.2. The molecule has 0 aliphatic carbocycles. The molecule has 12 nitrogen and oxygen atoms in total. The van der Waals surface area contributed by atoms with Crippen molar-refractivity contribution < 1.29 is 47.4 Å². The number of hydrogen-bond acceptors (Lipinski definition) is 11. The summed E-state index contributed by atoms with van der Waals surface area (Å²) in [5.41, 5.74) is 0.942. The number of amides is 1. The van der Waals surface area contributed by atoms with Gasteiger partial charge in [-0.3, -0.25) is 0 Å². The van der Waals surface area contributed by atoms with Gasteiger partial charge in [0.15, 0.2) is 0 Å². The Hall–Kier alpha value is -1.87. The van der Waals surface area contributed by atoms with Crippen molar-refractivity contribution in [3.05, 3.63) is 35.9 Å². The molecule has 0 saturated carbocycles. The van der Waals surface area contributed by atoms with Gasteiger partial charge in [-0.25, -0.2) is 4.79 Å². The summed E-state index contributed by atoms with van der Waals surface area (Å²) in [4.78, 5) is 11.6. The normalized spacial score (nSPS) is 13.9. The minimum absolute atomic E-state index is 0.243. The molecule has 0 atom stereocenters. The zero-order chi connectivity index (χ0) is 28.9. The van der Waals surface area contributed by atoms with Crippen molar-refractivity contribution in [1.29, 1.82) is 0 Å². The Labute approximate surface area is 244 Å². The Morgan fingerprint density at radius 3 is 1.56 bits per heavy atom. The predicted octanol–water partition coefficient (Wildman–Crippen LogP) is 1.80. The molecule has 1 amide bonds. The van der Waals surface area contributed by atoms with E-state index in [-0.39, 0.29) is 6.61 Å². The van der Waals surface area contributed by atoms with Crippen LogP contribution in [-0.2, 0) is 49.2 Å². The quantitative estimate of drug-likeness (QED) is 0.147. The zero-order valence-electron chi connectivity index (χ0n) is 24.4.